The van der Waals surface area contributed by atoms with Crippen molar-refractivity contribution in [3.8, 4) is 0 Å². The Morgan fingerprint density at radius 2 is 0.780 bits per heavy atom. The zero-order valence-electron chi connectivity index (χ0n) is 26.0. The van der Waals surface area contributed by atoms with Crippen LogP contribution in [-0.4, -0.2) is 6.15 Å². The molecule has 1 aromatic heterocycles. The lowest BCUT2D eigenvalue weighted by Crippen LogP contribution is -2.66. The minimum atomic E-state index is -0.938. The summed E-state index contributed by atoms with van der Waals surface area (Å²) < 4.78 is 2.26. The maximum atomic E-state index is 2.33. The number of benzene rings is 3. The molecule has 4 aromatic rings. The highest BCUT2D eigenvalue weighted by molar-refractivity contribution is 7.11. The molecular weight excluding hydrogens is 493 g/mol. The van der Waals surface area contributed by atoms with Gasteiger partial charge in [-0.1, -0.05) is 175 Å². The third kappa shape index (κ3) is 11.0. The maximum Gasteiger partial charge on any atom is 0.168 e. The fourth-order valence-electron chi connectivity index (χ4n) is 6.31. The van der Waals surface area contributed by atoms with Crippen LogP contribution in [0.3, 0.4) is 0 Å². The van der Waals surface area contributed by atoms with E-state index >= 15 is 0 Å². The lowest BCUT2D eigenvalue weighted by Gasteiger charge is -2.43. The first-order valence-electron chi connectivity index (χ1n) is 16.6. The molecule has 4 rings (SSSR count). The molecule has 3 aromatic carbocycles. The molecule has 0 atom stereocenters. The van der Waals surface area contributed by atoms with E-state index in [0.717, 1.165) is 0 Å². The number of unbranched alkanes of at least 4 members (excludes halogenated alkanes) is 10. The van der Waals surface area contributed by atoms with Crippen LogP contribution in [-0.2, 0) is 6.54 Å². The van der Waals surface area contributed by atoms with Gasteiger partial charge < -0.3 is 0 Å². The standard InChI is InChI=1S/C26H32B.C13H22N/c1-2-3-4-5-6-16-23-27(24-17-10-7-11-18-24,25-19-12-8-13-20-25)26-21-14-9-15-22-26;1-2-3-4-5-6-8-11-14-12-9-7-10-13-14/h7-15,17-22H,2-6,16,23H2,1H3;7,9-10,12-13H,2-6,8,11H2,1H3/q-1;+1. The van der Waals surface area contributed by atoms with E-state index < -0.39 is 6.15 Å². The third-order valence-electron chi connectivity index (χ3n) is 8.64. The Bertz CT molecular complexity index is 1050. The molecule has 0 spiro atoms. The SMILES string of the molecule is CCCCCCCC[B-](c1ccccc1)(c1ccccc1)c1ccccc1.CCCCCCCC[n+]1ccccc1. The van der Waals surface area contributed by atoms with Gasteiger partial charge in [-0.3, -0.25) is 0 Å². The van der Waals surface area contributed by atoms with Crippen molar-refractivity contribution in [3.05, 3.63) is 122 Å². The van der Waals surface area contributed by atoms with E-state index in [2.05, 4.69) is 140 Å². The van der Waals surface area contributed by atoms with Crippen molar-refractivity contribution in [2.45, 2.75) is 104 Å². The van der Waals surface area contributed by atoms with E-state index in [1.165, 1.54) is 106 Å². The topological polar surface area (TPSA) is 3.88 Å². The van der Waals surface area contributed by atoms with Gasteiger partial charge in [-0.05, 0) is 6.42 Å². The van der Waals surface area contributed by atoms with Crippen molar-refractivity contribution in [2.75, 3.05) is 0 Å². The van der Waals surface area contributed by atoms with Crippen LogP contribution in [0.1, 0.15) is 90.9 Å². The van der Waals surface area contributed by atoms with Crippen LogP contribution in [0.4, 0.5) is 0 Å². The fourth-order valence-corrected chi connectivity index (χ4v) is 6.31. The quantitative estimate of drug-likeness (QED) is 0.0706. The third-order valence-corrected chi connectivity index (χ3v) is 8.64. The second kappa shape index (κ2) is 19.9. The van der Waals surface area contributed by atoms with E-state index in [9.17, 15) is 0 Å². The molecule has 0 saturated carbocycles. The molecule has 0 aliphatic carbocycles. The molecule has 0 amide bonds. The van der Waals surface area contributed by atoms with Gasteiger partial charge in [-0.2, -0.15) is 22.7 Å². The van der Waals surface area contributed by atoms with Crippen LogP contribution in [0, 0.1) is 0 Å². The maximum absolute atomic E-state index is 2.33. The summed E-state index contributed by atoms with van der Waals surface area (Å²) in [6.45, 7) is 5.72. The zero-order chi connectivity index (χ0) is 28.9. The normalized spacial score (nSPS) is 11.1. The van der Waals surface area contributed by atoms with Crippen LogP contribution < -0.4 is 21.0 Å². The summed E-state index contributed by atoms with van der Waals surface area (Å²) in [6.07, 6.45) is 20.8. The lowest BCUT2D eigenvalue weighted by molar-refractivity contribution is -0.697. The molecule has 0 aliphatic heterocycles. The van der Waals surface area contributed by atoms with E-state index in [0.29, 0.717) is 0 Å². The van der Waals surface area contributed by atoms with Gasteiger partial charge in [0.05, 0.1) is 6.15 Å². The van der Waals surface area contributed by atoms with Crippen molar-refractivity contribution >= 4 is 22.5 Å². The first-order chi connectivity index (χ1) is 20.3. The number of aromatic nitrogens is 1. The predicted molar refractivity (Wildman–Crippen MR) is 182 cm³/mol. The molecule has 0 bridgehead atoms. The molecule has 1 heterocycles. The minimum Gasteiger partial charge on any atom is -0.205 e. The molecule has 41 heavy (non-hydrogen) atoms. The van der Waals surface area contributed by atoms with E-state index in [1.807, 2.05) is 0 Å². The molecular formula is C39H54BN. The fraction of sp³-hybridized carbons (Fsp3) is 0.410. The first-order valence-corrected chi connectivity index (χ1v) is 16.6. The van der Waals surface area contributed by atoms with Crippen LogP contribution in [0.2, 0.25) is 6.32 Å². The van der Waals surface area contributed by atoms with E-state index in [1.54, 1.807) is 0 Å². The largest absolute Gasteiger partial charge is 0.205 e. The van der Waals surface area contributed by atoms with Crippen molar-refractivity contribution in [3.63, 3.8) is 0 Å². The Morgan fingerprint density at radius 1 is 0.415 bits per heavy atom. The second-order valence-electron chi connectivity index (χ2n) is 11.7. The van der Waals surface area contributed by atoms with Crippen molar-refractivity contribution in [1.82, 2.24) is 0 Å². The Balaban J connectivity index is 0.000000278. The summed E-state index contributed by atoms with van der Waals surface area (Å²) in [7, 11) is 0. The van der Waals surface area contributed by atoms with Gasteiger partial charge in [0, 0.05) is 18.6 Å². The zero-order valence-corrected chi connectivity index (χ0v) is 26.0. The number of hydrogen-bond acceptors (Lipinski definition) is 0. The summed E-state index contributed by atoms with van der Waals surface area (Å²) in [5.74, 6) is 0. The number of hydrogen-bond donors (Lipinski definition) is 0. The Labute approximate surface area is 252 Å². The van der Waals surface area contributed by atoms with Gasteiger partial charge in [-0.15, -0.1) is 0 Å². The minimum absolute atomic E-state index is 0.938. The Morgan fingerprint density at radius 3 is 1.22 bits per heavy atom. The number of aryl methyl sites for hydroxylation is 1. The van der Waals surface area contributed by atoms with Crippen LogP contribution in [0.25, 0.3) is 0 Å². The molecule has 0 saturated heterocycles. The molecule has 218 valence electrons. The smallest absolute Gasteiger partial charge is 0.168 e. The van der Waals surface area contributed by atoms with Gasteiger partial charge in [0.25, 0.3) is 0 Å². The van der Waals surface area contributed by atoms with E-state index in [4.69, 9.17) is 0 Å². The van der Waals surface area contributed by atoms with Crippen LogP contribution in [0.5, 0.6) is 0 Å². The van der Waals surface area contributed by atoms with Gasteiger partial charge in [0.2, 0.25) is 0 Å². The van der Waals surface area contributed by atoms with Gasteiger partial charge in [0.15, 0.2) is 12.4 Å². The average molecular weight is 548 g/mol. The van der Waals surface area contributed by atoms with Crippen LogP contribution >= 0.6 is 0 Å². The van der Waals surface area contributed by atoms with Gasteiger partial charge in [0.1, 0.15) is 6.54 Å². The van der Waals surface area contributed by atoms with Crippen molar-refractivity contribution < 1.29 is 4.57 Å². The second-order valence-corrected chi connectivity index (χ2v) is 11.7. The lowest BCUT2D eigenvalue weighted by atomic mass is 9.14. The van der Waals surface area contributed by atoms with E-state index in [-0.39, 0.29) is 0 Å². The molecule has 1 nitrogen and oxygen atoms in total. The molecule has 0 aliphatic rings. The van der Waals surface area contributed by atoms with Crippen molar-refractivity contribution in [1.29, 1.82) is 0 Å². The highest BCUT2D eigenvalue weighted by atomic mass is 14.9. The summed E-state index contributed by atoms with van der Waals surface area (Å²) >= 11 is 0. The highest BCUT2D eigenvalue weighted by Gasteiger charge is 2.29. The highest BCUT2D eigenvalue weighted by Crippen LogP contribution is 2.18. The van der Waals surface area contributed by atoms with Gasteiger partial charge >= 0.3 is 0 Å². The first kappa shape index (κ1) is 32.4. The summed E-state index contributed by atoms with van der Waals surface area (Å²) in [6, 6.07) is 39.8. The number of pyridine rings is 1. The number of rotatable bonds is 17. The summed E-state index contributed by atoms with van der Waals surface area (Å²) in [5.41, 5.74) is 4.38. The Hall–Kier alpha value is -3.13. The molecule has 0 fully saturated rings. The average Bonchev–Trinajstić information content (AvgIpc) is 3.05. The monoisotopic (exact) mass is 547 g/mol. The molecule has 0 unspecified atom stereocenters. The molecule has 0 N–H and O–H groups in total. The Kier molecular flexibility index (Phi) is 15.7. The van der Waals surface area contributed by atoms with Crippen LogP contribution in [0.15, 0.2) is 122 Å². The predicted octanol–water partition coefficient (Wildman–Crippen LogP) is 8.85. The van der Waals surface area contributed by atoms with Gasteiger partial charge in [-0.25, -0.2) is 4.57 Å². The number of nitrogens with zero attached hydrogens (tertiary/aromatic N) is 1. The molecule has 0 radical (unpaired) electrons. The van der Waals surface area contributed by atoms with Crippen molar-refractivity contribution in [2.24, 2.45) is 0 Å². The molecule has 2 heteroatoms. The summed E-state index contributed by atoms with van der Waals surface area (Å²) in [4.78, 5) is 0. The summed E-state index contributed by atoms with van der Waals surface area (Å²) in [5, 5.41) is 0.